The van der Waals surface area contributed by atoms with E-state index in [4.69, 9.17) is 9.84 Å². The van der Waals surface area contributed by atoms with Crippen LogP contribution >= 0.6 is 0 Å². The Bertz CT molecular complexity index is 390. The highest BCUT2D eigenvalue weighted by molar-refractivity contribution is 5.88. The molecule has 0 saturated heterocycles. The molecule has 0 radical (unpaired) electrons. The number of nitrogens with one attached hydrogen (secondary N) is 2. The Balaban J connectivity index is 2.11. The number of rotatable bonds is 6. The Hall–Kier alpha value is -2.09. The highest BCUT2D eigenvalue weighted by Gasteiger charge is 2.02. The molecule has 3 N–H and O–H groups in total. The van der Waals surface area contributed by atoms with Crippen LogP contribution in [-0.4, -0.2) is 46.6 Å². The van der Waals surface area contributed by atoms with Gasteiger partial charge in [-0.2, -0.15) is 5.10 Å². The predicted octanol–water partition coefficient (Wildman–Crippen LogP) is -0.357. The van der Waals surface area contributed by atoms with Crippen molar-refractivity contribution in [1.82, 2.24) is 15.1 Å². The van der Waals surface area contributed by atoms with Gasteiger partial charge in [-0.3, -0.25) is 4.68 Å². The van der Waals surface area contributed by atoms with Gasteiger partial charge in [0.15, 0.2) is 0 Å². The fraction of sp³-hybridized carbons (Fsp3) is 0.444. The summed E-state index contributed by atoms with van der Waals surface area (Å²) in [5.74, 6) is -1.04. The molecular formula is C9H14N4O4. The first-order chi connectivity index (χ1) is 8.08. The van der Waals surface area contributed by atoms with Crippen molar-refractivity contribution in [1.29, 1.82) is 0 Å². The van der Waals surface area contributed by atoms with Gasteiger partial charge < -0.3 is 20.5 Å². The Labute approximate surface area is 97.6 Å². The molecule has 0 bridgehead atoms. The van der Waals surface area contributed by atoms with Crippen LogP contribution in [0.15, 0.2) is 12.4 Å². The summed E-state index contributed by atoms with van der Waals surface area (Å²) in [5, 5.41) is 17.2. The lowest BCUT2D eigenvalue weighted by atomic mass is 10.5. The van der Waals surface area contributed by atoms with Crippen molar-refractivity contribution in [3.63, 3.8) is 0 Å². The maximum absolute atomic E-state index is 11.3. The number of carbonyl (C=O) groups excluding carboxylic acids is 1. The lowest BCUT2D eigenvalue weighted by molar-refractivity contribution is -0.142. The summed E-state index contributed by atoms with van der Waals surface area (Å²) in [6.07, 6.45) is 3.17. The van der Waals surface area contributed by atoms with Gasteiger partial charge in [0.25, 0.3) is 0 Å². The van der Waals surface area contributed by atoms with E-state index in [0.29, 0.717) is 5.69 Å². The van der Waals surface area contributed by atoms with Crippen LogP contribution in [0.1, 0.15) is 0 Å². The monoisotopic (exact) mass is 242 g/mol. The molecule has 0 atom stereocenters. The molecule has 1 aromatic rings. The lowest BCUT2D eigenvalue weighted by Crippen LogP contribution is -2.31. The van der Waals surface area contributed by atoms with Crippen LogP contribution in [0.5, 0.6) is 0 Å². The van der Waals surface area contributed by atoms with E-state index in [0.717, 1.165) is 0 Å². The number of aryl methyl sites for hydroxylation is 1. The number of aliphatic carboxylic acids is 1. The van der Waals surface area contributed by atoms with E-state index in [1.807, 2.05) is 0 Å². The standard InChI is InChI=1S/C9H14N4O4/c1-13-5-7(4-11-13)12-9(16)10-2-3-17-6-8(14)15/h4-5H,2-3,6H2,1H3,(H,14,15)(H2,10,12,16). The quantitative estimate of drug-likeness (QED) is 0.591. The second-order valence-corrected chi connectivity index (χ2v) is 3.23. The van der Waals surface area contributed by atoms with E-state index in [1.54, 1.807) is 17.9 Å². The van der Waals surface area contributed by atoms with E-state index >= 15 is 0 Å². The fourth-order valence-corrected chi connectivity index (χ4v) is 1.06. The largest absolute Gasteiger partial charge is 0.480 e. The van der Waals surface area contributed by atoms with Crippen LogP contribution in [0, 0.1) is 0 Å². The number of nitrogens with zero attached hydrogens (tertiary/aromatic N) is 2. The molecule has 17 heavy (non-hydrogen) atoms. The molecule has 8 nitrogen and oxygen atoms in total. The van der Waals surface area contributed by atoms with Gasteiger partial charge in [0.05, 0.1) is 18.5 Å². The number of anilines is 1. The molecule has 0 saturated carbocycles. The number of urea groups is 1. The SMILES string of the molecule is Cn1cc(NC(=O)NCCOCC(=O)O)cn1. The number of amides is 2. The molecule has 8 heteroatoms. The van der Waals surface area contributed by atoms with Gasteiger partial charge in [0.1, 0.15) is 6.61 Å². The van der Waals surface area contributed by atoms with E-state index in [2.05, 4.69) is 15.7 Å². The summed E-state index contributed by atoms with van der Waals surface area (Å²) in [6, 6.07) is -0.392. The Kier molecular flexibility index (Phi) is 4.95. The zero-order valence-corrected chi connectivity index (χ0v) is 9.34. The van der Waals surface area contributed by atoms with Crippen molar-refractivity contribution in [2.75, 3.05) is 25.1 Å². The first kappa shape index (κ1) is 13.0. The maximum atomic E-state index is 11.3. The summed E-state index contributed by atoms with van der Waals surface area (Å²) in [5.41, 5.74) is 0.580. The molecule has 2 amide bonds. The van der Waals surface area contributed by atoms with Gasteiger partial charge >= 0.3 is 12.0 Å². The molecule has 0 aliphatic heterocycles. The number of hydrogen-bond acceptors (Lipinski definition) is 4. The highest BCUT2D eigenvalue weighted by atomic mass is 16.5. The third-order valence-electron chi connectivity index (χ3n) is 1.72. The predicted molar refractivity (Wildman–Crippen MR) is 58.7 cm³/mol. The Morgan fingerprint density at radius 2 is 2.35 bits per heavy atom. The smallest absolute Gasteiger partial charge is 0.329 e. The van der Waals surface area contributed by atoms with Gasteiger partial charge in [-0.25, -0.2) is 9.59 Å². The third-order valence-corrected chi connectivity index (χ3v) is 1.72. The second kappa shape index (κ2) is 6.48. The lowest BCUT2D eigenvalue weighted by Gasteiger charge is -2.05. The minimum absolute atomic E-state index is 0.146. The number of hydrogen-bond donors (Lipinski definition) is 3. The third kappa shape index (κ3) is 5.52. The van der Waals surface area contributed by atoms with Crippen LogP contribution in [0.2, 0.25) is 0 Å². The van der Waals surface area contributed by atoms with Crippen molar-refractivity contribution < 1.29 is 19.4 Å². The number of carboxylic acids is 1. The molecule has 94 valence electrons. The zero-order chi connectivity index (χ0) is 12.7. The first-order valence-electron chi connectivity index (χ1n) is 4.91. The minimum atomic E-state index is -1.04. The Morgan fingerprint density at radius 3 is 2.94 bits per heavy atom. The Morgan fingerprint density at radius 1 is 1.59 bits per heavy atom. The minimum Gasteiger partial charge on any atom is -0.480 e. The second-order valence-electron chi connectivity index (χ2n) is 3.23. The van der Waals surface area contributed by atoms with Gasteiger partial charge in [-0.1, -0.05) is 0 Å². The topological polar surface area (TPSA) is 105 Å². The average molecular weight is 242 g/mol. The molecule has 0 aliphatic carbocycles. The van der Waals surface area contributed by atoms with E-state index in [-0.39, 0.29) is 19.8 Å². The first-order valence-corrected chi connectivity index (χ1v) is 4.91. The van der Waals surface area contributed by atoms with E-state index < -0.39 is 12.0 Å². The molecular weight excluding hydrogens is 228 g/mol. The zero-order valence-electron chi connectivity index (χ0n) is 9.34. The molecule has 1 rings (SSSR count). The van der Waals surface area contributed by atoms with E-state index in [9.17, 15) is 9.59 Å². The van der Waals surface area contributed by atoms with Gasteiger partial charge in [-0.15, -0.1) is 0 Å². The van der Waals surface area contributed by atoms with Crippen molar-refractivity contribution >= 4 is 17.7 Å². The molecule has 0 unspecified atom stereocenters. The maximum Gasteiger partial charge on any atom is 0.329 e. The summed E-state index contributed by atoms with van der Waals surface area (Å²) >= 11 is 0. The van der Waals surface area contributed by atoms with Crippen LogP contribution < -0.4 is 10.6 Å². The van der Waals surface area contributed by atoms with Crippen LogP contribution in [0.25, 0.3) is 0 Å². The number of aromatic nitrogens is 2. The van der Waals surface area contributed by atoms with Gasteiger partial charge in [0, 0.05) is 19.8 Å². The fourth-order valence-electron chi connectivity index (χ4n) is 1.06. The molecule has 0 spiro atoms. The number of carboxylic acid groups (broad SMARTS) is 1. The normalized spacial score (nSPS) is 9.94. The number of ether oxygens (including phenoxy) is 1. The molecule has 1 heterocycles. The van der Waals surface area contributed by atoms with Gasteiger partial charge in [0.2, 0.25) is 0 Å². The molecule has 0 aromatic carbocycles. The molecule has 0 fully saturated rings. The summed E-state index contributed by atoms with van der Waals surface area (Å²) in [7, 11) is 1.74. The van der Waals surface area contributed by atoms with Crippen molar-refractivity contribution in [2.24, 2.45) is 7.05 Å². The molecule has 0 aliphatic rings. The van der Waals surface area contributed by atoms with E-state index in [1.165, 1.54) is 6.20 Å². The highest BCUT2D eigenvalue weighted by Crippen LogP contribution is 2.02. The summed E-state index contributed by atoms with van der Waals surface area (Å²) < 4.78 is 6.30. The van der Waals surface area contributed by atoms with Crippen molar-refractivity contribution in [3.05, 3.63) is 12.4 Å². The summed E-state index contributed by atoms with van der Waals surface area (Å²) in [4.78, 5) is 21.4. The summed E-state index contributed by atoms with van der Waals surface area (Å²) in [6.45, 7) is 0.0119. The van der Waals surface area contributed by atoms with Gasteiger partial charge in [-0.05, 0) is 0 Å². The van der Waals surface area contributed by atoms with Crippen LogP contribution in [-0.2, 0) is 16.6 Å². The average Bonchev–Trinajstić information content (AvgIpc) is 2.63. The van der Waals surface area contributed by atoms with Crippen molar-refractivity contribution in [2.45, 2.75) is 0 Å². The molecule has 1 aromatic heterocycles. The van der Waals surface area contributed by atoms with Crippen LogP contribution in [0.3, 0.4) is 0 Å². The van der Waals surface area contributed by atoms with Crippen LogP contribution in [0.4, 0.5) is 10.5 Å². The van der Waals surface area contributed by atoms with Crippen molar-refractivity contribution in [3.8, 4) is 0 Å². The number of carbonyl (C=O) groups is 2.